The largest absolute Gasteiger partial charge is 1.00 e. The van der Waals surface area contributed by atoms with Crippen molar-refractivity contribution in [3.63, 3.8) is 0 Å². The Morgan fingerprint density at radius 2 is 2.12 bits per heavy atom. The van der Waals surface area contributed by atoms with E-state index >= 15 is 0 Å². The van der Waals surface area contributed by atoms with Gasteiger partial charge in [0, 0.05) is 0 Å². The summed E-state index contributed by atoms with van der Waals surface area (Å²) in [5.41, 5.74) is 0. The van der Waals surface area contributed by atoms with Crippen molar-refractivity contribution in [3.05, 3.63) is 12.7 Å². The topological polar surface area (TPSA) is 54.4 Å². The van der Waals surface area contributed by atoms with Gasteiger partial charge in [-0.05, 0) is 0 Å². The molecule has 0 radical (unpaired) electrons. The van der Waals surface area contributed by atoms with Crippen LogP contribution in [0.1, 0.15) is 1.43 Å². The molecule has 0 unspecified atom stereocenters. The van der Waals surface area contributed by atoms with E-state index in [1.165, 1.54) is 0 Å². The van der Waals surface area contributed by atoms with Crippen LogP contribution in [0.15, 0.2) is 12.7 Å². The molecule has 0 heterocycles. The summed E-state index contributed by atoms with van der Waals surface area (Å²) in [6.07, 6.45) is 1.12. The molecule has 0 aromatic heterocycles. The summed E-state index contributed by atoms with van der Waals surface area (Å²) in [5.74, 6) is -0.368. The van der Waals surface area contributed by atoms with Crippen molar-refractivity contribution in [2.75, 3.05) is 5.75 Å². The Kier molecular flexibility index (Phi) is 6.47. The summed E-state index contributed by atoms with van der Waals surface area (Å²) in [4.78, 5) is 0. The maximum atomic E-state index is 9.72. The van der Waals surface area contributed by atoms with Crippen molar-refractivity contribution in [1.29, 1.82) is 0 Å². The first-order valence-corrected chi connectivity index (χ1v) is 3.23. The van der Waals surface area contributed by atoms with Gasteiger partial charge in [-0.1, -0.05) is 6.08 Å². The van der Waals surface area contributed by atoms with E-state index < -0.39 is 10.1 Å². The van der Waals surface area contributed by atoms with Crippen LogP contribution in [0.25, 0.3) is 0 Å². The van der Waals surface area contributed by atoms with Crippen molar-refractivity contribution >= 4 is 10.1 Å². The van der Waals surface area contributed by atoms with Gasteiger partial charge in [0.15, 0.2) is 0 Å². The molecule has 0 spiro atoms. The Balaban J connectivity index is -0.000000180. The normalized spacial score (nSPS) is 9.62. The van der Waals surface area contributed by atoms with Gasteiger partial charge in [0.1, 0.15) is 0 Å². The molecule has 0 saturated carbocycles. The summed E-state index contributed by atoms with van der Waals surface area (Å²) >= 11 is 0. The first kappa shape index (κ1) is 11.4. The minimum atomic E-state index is -3.79. The van der Waals surface area contributed by atoms with Crippen LogP contribution in [-0.2, 0) is 10.1 Å². The second-order valence-electron chi connectivity index (χ2n) is 1.04. The molecule has 0 aromatic carbocycles. The monoisotopic (exact) mass is 146 g/mol. The van der Waals surface area contributed by atoms with Gasteiger partial charge < -0.3 is 1.43 Å². The third kappa shape index (κ3) is 9.82. The molecule has 0 aliphatic heterocycles. The molecular weight excluding hydrogens is 139 g/mol. The predicted molar refractivity (Wildman–Crippen MR) is 27.7 cm³/mol. The van der Waals surface area contributed by atoms with Gasteiger partial charge in [-0.3, -0.25) is 4.55 Å². The van der Waals surface area contributed by atoms with Crippen LogP contribution in [0.2, 0.25) is 0 Å². The third-order valence-corrected chi connectivity index (χ3v) is 0.985. The van der Waals surface area contributed by atoms with Gasteiger partial charge in [-0.15, -0.1) is 6.58 Å². The number of rotatable bonds is 2. The first-order valence-electron chi connectivity index (χ1n) is 1.62. The zero-order valence-electron chi connectivity index (χ0n) is 5.66. The molecule has 8 heavy (non-hydrogen) atoms. The van der Waals surface area contributed by atoms with Gasteiger partial charge in [0.25, 0.3) is 10.1 Å². The maximum absolute atomic E-state index is 9.72. The average Bonchev–Trinajstić information content (AvgIpc) is 1.30. The van der Waals surface area contributed by atoms with Crippen LogP contribution >= 0.6 is 0 Å². The molecule has 0 fully saturated rings. The van der Waals surface area contributed by atoms with Crippen molar-refractivity contribution in [3.8, 4) is 0 Å². The molecule has 5 heteroatoms. The molecule has 0 atom stereocenters. The zero-order chi connectivity index (χ0) is 5.91. The van der Waals surface area contributed by atoms with E-state index in [0.29, 0.717) is 0 Å². The Morgan fingerprint density at radius 1 is 1.75 bits per heavy atom. The molecule has 44 valence electrons. The van der Waals surface area contributed by atoms with Gasteiger partial charge >= 0.3 is 29.6 Å². The molecule has 1 N–H and O–H groups in total. The summed E-state index contributed by atoms with van der Waals surface area (Å²) in [7, 11) is -3.79. The molecule has 0 rings (SSSR count). The Hall–Kier alpha value is 0.650. The number of hydrogen-bond acceptors (Lipinski definition) is 2. The Bertz CT molecular complexity index is 152. The smallest absolute Gasteiger partial charge is 1.00 e. The van der Waals surface area contributed by atoms with E-state index in [1.54, 1.807) is 0 Å². The van der Waals surface area contributed by atoms with E-state index in [2.05, 4.69) is 6.58 Å². The molecule has 0 aliphatic rings. The third-order valence-electron chi connectivity index (χ3n) is 0.328. The van der Waals surface area contributed by atoms with Crippen LogP contribution in [0.4, 0.5) is 0 Å². The van der Waals surface area contributed by atoms with Crippen molar-refractivity contribution in [2.24, 2.45) is 0 Å². The SMILES string of the molecule is C=CCS(=O)(=O)O.[H-].[Na+]. The standard InChI is InChI=1S/C3H6O3S.Na.H/c1-2-3-7(4,5)6;;/h2H,1,3H2,(H,4,5,6);;/q;+1;-1. The fourth-order valence-corrected chi connectivity index (χ4v) is 0.447. The van der Waals surface area contributed by atoms with Crippen LogP contribution in [0.5, 0.6) is 0 Å². The van der Waals surface area contributed by atoms with Gasteiger partial charge in [0.2, 0.25) is 0 Å². The van der Waals surface area contributed by atoms with Gasteiger partial charge in [-0.25, -0.2) is 0 Å². The minimum absolute atomic E-state index is 0. The maximum Gasteiger partial charge on any atom is 1.00 e. The number of hydrogen-bond donors (Lipinski definition) is 1. The second kappa shape index (κ2) is 4.52. The summed E-state index contributed by atoms with van der Waals surface area (Å²) in [5, 5.41) is 0. The Labute approximate surface area is 72.3 Å². The molecule has 3 nitrogen and oxygen atoms in total. The Morgan fingerprint density at radius 3 is 2.12 bits per heavy atom. The fraction of sp³-hybridized carbons (Fsp3) is 0.333. The van der Waals surface area contributed by atoms with E-state index in [0.717, 1.165) is 6.08 Å². The van der Waals surface area contributed by atoms with Gasteiger partial charge in [0.05, 0.1) is 5.75 Å². The van der Waals surface area contributed by atoms with Crippen LogP contribution in [-0.4, -0.2) is 18.7 Å². The van der Waals surface area contributed by atoms with Crippen LogP contribution in [0, 0.1) is 0 Å². The predicted octanol–water partition coefficient (Wildman–Crippen LogP) is -2.82. The van der Waals surface area contributed by atoms with Crippen molar-refractivity contribution < 1.29 is 44.0 Å². The molecular formula is C3H7NaO3S. The first-order chi connectivity index (χ1) is 3.06. The van der Waals surface area contributed by atoms with E-state index in [4.69, 9.17) is 4.55 Å². The van der Waals surface area contributed by atoms with E-state index in [-0.39, 0.29) is 36.7 Å². The molecule has 0 saturated heterocycles. The molecule has 0 aromatic rings. The molecule has 0 bridgehead atoms. The van der Waals surface area contributed by atoms with Gasteiger partial charge in [-0.2, -0.15) is 8.42 Å². The van der Waals surface area contributed by atoms with E-state index in [9.17, 15) is 8.42 Å². The second-order valence-corrected chi connectivity index (χ2v) is 2.53. The molecule has 0 aliphatic carbocycles. The van der Waals surface area contributed by atoms with Crippen LogP contribution < -0.4 is 29.6 Å². The quantitative estimate of drug-likeness (QED) is 0.260. The summed E-state index contributed by atoms with van der Waals surface area (Å²) in [6, 6.07) is 0. The zero-order valence-corrected chi connectivity index (χ0v) is 7.48. The van der Waals surface area contributed by atoms with Crippen LogP contribution in [0.3, 0.4) is 0 Å². The summed E-state index contributed by atoms with van der Waals surface area (Å²) in [6.45, 7) is 3.11. The van der Waals surface area contributed by atoms with E-state index in [1.807, 2.05) is 0 Å². The fourth-order valence-electron chi connectivity index (χ4n) is 0.149. The minimum Gasteiger partial charge on any atom is -1.00 e. The summed E-state index contributed by atoms with van der Waals surface area (Å²) < 4.78 is 27.3. The average molecular weight is 146 g/mol. The van der Waals surface area contributed by atoms with Crippen molar-refractivity contribution in [1.82, 2.24) is 0 Å². The van der Waals surface area contributed by atoms with Crippen molar-refractivity contribution in [2.45, 2.75) is 0 Å². The molecule has 0 amide bonds.